The molecule has 7 heteroatoms. The lowest BCUT2D eigenvalue weighted by Crippen LogP contribution is -2.36. The first-order valence-corrected chi connectivity index (χ1v) is 9.37. The SMILES string of the molecule is CCCCOc1ncc2nc(OC)n(CC3CCCN(CC)C3)c2n1. The van der Waals surface area contributed by atoms with Crippen molar-refractivity contribution in [3.63, 3.8) is 0 Å². The molecule has 0 aliphatic carbocycles. The monoisotopic (exact) mass is 347 g/mol. The summed E-state index contributed by atoms with van der Waals surface area (Å²) in [6.07, 6.45) is 6.28. The average molecular weight is 347 g/mol. The number of hydrogen-bond donors (Lipinski definition) is 0. The third-order valence-corrected chi connectivity index (χ3v) is 4.83. The molecular weight excluding hydrogens is 318 g/mol. The summed E-state index contributed by atoms with van der Waals surface area (Å²) in [6, 6.07) is 1.02. The summed E-state index contributed by atoms with van der Waals surface area (Å²) in [4.78, 5) is 15.9. The first-order chi connectivity index (χ1) is 12.2. The predicted octanol–water partition coefficient (Wildman–Crippen LogP) is 2.75. The lowest BCUT2D eigenvalue weighted by Gasteiger charge is -2.32. The molecule has 138 valence electrons. The van der Waals surface area contributed by atoms with Crippen LogP contribution in [0.4, 0.5) is 0 Å². The van der Waals surface area contributed by atoms with Crippen molar-refractivity contribution in [2.75, 3.05) is 33.4 Å². The largest absolute Gasteiger partial charge is 0.468 e. The fraction of sp³-hybridized carbons (Fsp3) is 0.722. The van der Waals surface area contributed by atoms with Crippen molar-refractivity contribution >= 4 is 11.2 Å². The molecule has 7 nitrogen and oxygen atoms in total. The minimum Gasteiger partial charge on any atom is -0.468 e. The van der Waals surface area contributed by atoms with E-state index in [1.807, 2.05) is 0 Å². The molecule has 3 rings (SSSR count). The van der Waals surface area contributed by atoms with Gasteiger partial charge in [-0.05, 0) is 38.3 Å². The minimum atomic E-state index is 0.420. The van der Waals surface area contributed by atoms with E-state index in [1.165, 1.54) is 19.4 Å². The van der Waals surface area contributed by atoms with E-state index in [0.717, 1.165) is 43.6 Å². The molecule has 1 unspecified atom stereocenters. The zero-order valence-corrected chi connectivity index (χ0v) is 15.6. The average Bonchev–Trinajstić information content (AvgIpc) is 2.99. The van der Waals surface area contributed by atoms with Crippen LogP contribution in [0.3, 0.4) is 0 Å². The van der Waals surface area contributed by atoms with Gasteiger partial charge in [-0.1, -0.05) is 20.3 Å². The molecular formula is C18H29N5O2. The van der Waals surface area contributed by atoms with Gasteiger partial charge in [0.1, 0.15) is 5.52 Å². The minimum absolute atomic E-state index is 0.420. The van der Waals surface area contributed by atoms with Gasteiger partial charge in [0.15, 0.2) is 5.65 Å². The van der Waals surface area contributed by atoms with E-state index in [9.17, 15) is 0 Å². The lowest BCUT2D eigenvalue weighted by atomic mass is 9.98. The Bertz CT molecular complexity index is 687. The van der Waals surface area contributed by atoms with Gasteiger partial charge in [0, 0.05) is 13.1 Å². The highest BCUT2D eigenvalue weighted by Gasteiger charge is 2.23. The van der Waals surface area contributed by atoms with E-state index >= 15 is 0 Å². The Morgan fingerprint density at radius 2 is 2.16 bits per heavy atom. The van der Waals surface area contributed by atoms with Gasteiger partial charge in [0.05, 0.1) is 19.9 Å². The smallest absolute Gasteiger partial charge is 0.318 e. The highest BCUT2D eigenvalue weighted by molar-refractivity contribution is 5.71. The van der Waals surface area contributed by atoms with E-state index in [4.69, 9.17) is 9.47 Å². The fourth-order valence-electron chi connectivity index (χ4n) is 3.43. The molecule has 2 aromatic heterocycles. The number of piperidine rings is 1. The van der Waals surface area contributed by atoms with Crippen LogP contribution in [0.2, 0.25) is 0 Å². The summed E-state index contributed by atoms with van der Waals surface area (Å²) in [5.74, 6) is 0.583. The first-order valence-electron chi connectivity index (χ1n) is 9.37. The van der Waals surface area contributed by atoms with E-state index in [-0.39, 0.29) is 0 Å². The summed E-state index contributed by atoms with van der Waals surface area (Å²) in [5, 5.41) is 0. The van der Waals surface area contributed by atoms with Crippen LogP contribution in [0.15, 0.2) is 6.20 Å². The van der Waals surface area contributed by atoms with Gasteiger partial charge >= 0.3 is 6.01 Å². The third-order valence-electron chi connectivity index (χ3n) is 4.83. The highest BCUT2D eigenvalue weighted by atomic mass is 16.5. The van der Waals surface area contributed by atoms with Crippen molar-refractivity contribution in [2.45, 2.75) is 46.1 Å². The molecule has 1 atom stereocenters. The van der Waals surface area contributed by atoms with Crippen LogP contribution in [0.25, 0.3) is 11.2 Å². The van der Waals surface area contributed by atoms with E-state index in [0.29, 0.717) is 24.5 Å². The molecule has 1 aliphatic rings. The molecule has 0 bridgehead atoms. The number of rotatable bonds is 8. The van der Waals surface area contributed by atoms with Crippen molar-refractivity contribution in [1.29, 1.82) is 0 Å². The number of fused-ring (bicyclic) bond motifs is 1. The Hall–Kier alpha value is -1.89. The van der Waals surface area contributed by atoms with Crippen LogP contribution in [0, 0.1) is 5.92 Å². The van der Waals surface area contributed by atoms with Gasteiger partial charge in [0.25, 0.3) is 6.01 Å². The third kappa shape index (κ3) is 4.21. The van der Waals surface area contributed by atoms with Crippen molar-refractivity contribution in [3.8, 4) is 12.0 Å². The quantitative estimate of drug-likeness (QED) is 0.684. The number of imidazole rings is 1. The van der Waals surface area contributed by atoms with Gasteiger partial charge in [0.2, 0.25) is 0 Å². The maximum atomic E-state index is 5.66. The number of unbranched alkanes of at least 4 members (excludes halogenated alkanes) is 1. The van der Waals surface area contributed by atoms with Gasteiger partial charge in [-0.15, -0.1) is 0 Å². The normalized spacial score (nSPS) is 18.6. The zero-order chi connectivity index (χ0) is 17.6. The molecule has 25 heavy (non-hydrogen) atoms. The Labute approximate surface area is 149 Å². The molecule has 0 aromatic carbocycles. The summed E-state index contributed by atoms with van der Waals surface area (Å²) in [6.45, 7) is 9.29. The lowest BCUT2D eigenvalue weighted by molar-refractivity contribution is 0.167. The number of nitrogens with zero attached hydrogens (tertiary/aromatic N) is 5. The van der Waals surface area contributed by atoms with Crippen molar-refractivity contribution < 1.29 is 9.47 Å². The van der Waals surface area contributed by atoms with Crippen LogP contribution in [0.5, 0.6) is 12.0 Å². The highest BCUT2D eigenvalue weighted by Crippen LogP contribution is 2.25. The van der Waals surface area contributed by atoms with Gasteiger partial charge in [-0.2, -0.15) is 9.97 Å². The van der Waals surface area contributed by atoms with Crippen LogP contribution >= 0.6 is 0 Å². The summed E-state index contributed by atoms with van der Waals surface area (Å²) < 4.78 is 13.2. The van der Waals surface area contributed by atoms with Crippen molar-refractivity contribution in [1.82, 2.24) is 24.4 Å². The molecule has 3 heterocycles. The molecule has 1 aliphatic heterocycles. The second-order valence-electron chi connectivity index (χ2n) is 6.67. The molecule has 0 amide bonds. The van der Waals surface area contributed by atoms with Crippen LogP contribution in [0.1, 0.15) is 39.5 Å². The van der Waals surface area contributed by atoms with Crippen molar-refractivity contribution in [3.05, 3.63) is 6.20 Å². The standard InChI is InChI=1S/C18H29N5O2/c1-4-6-10-25-17-19-11-15-16(21-17)23(18(20-15)24-3)13-14-8-7-9-22(5-2)12-14/h11,14H,4-10,12-13H2,1-3H3. The fourth-order valence-corrected chi connectivity index (χ4v) is 3.43. The molecule has 2 aromatic rings. The van der Waals surface area contributed by atoms with Crippen LogP contribution < -0.4 is 9.47 Å². The molecule has 1 saturated heterocycles. The number of ether oxygens (including phenoxy) is 2. The number of methoxy groups -OCH3 is 1. The maximum Gasteiger partial charge on any atom is 0.318 e. The molecule has 0 saturated carbocycles. The van der Waals surface area contributed by atoms with Gasteiger partial charge < -0.3 is 14.4 Å². The Morgan fingerprint density at radius 1 is 1.28 bits per heavy atom. The Morgan fingerprint density at radius 3 is 2.92 bits per heavy atom. The second kappa shape index (κ2) is 8.47. The topological polar surface area (TPSA) is 65.3 Å². The van der Waals surface area contributed by atoms with E-state index in [2.05, 4.69) is 38.3 Å². The predicted molar refractivity (Wildman–Crippen MR) is 97.1 cm³/mol. The van der Waals surface area contributed by atoms with Crippen LogP contribution in [-0.4, -0.2) is 57.8 Å². The zero-order valence-electron chi connectivity index (χ0n) is 15.6. The van der Waals surface area contributed by atoms with Crippen molar-refractivity contribution in [2.24, 2.45) is 5.92 Å². The Balaban J connectivity index is 1.82. The summed E-state index contributed by atoms with van der Waals surface area (Å²) >= 11 is 0. The molecule has 0 N–H and O–H groups in total. The molecule has 0 spiro atoms. The van der Waals surface area contributed by atoms with E-state index in [1.54, 1.807) is 13.3 Å². The first kappa shape index (κ1) is 17.9. The molecule has 0 radical (unpaired) electrons. The maximum absolute atomic E-state index is 5.66. The summed E-state index contributed by atoms with van der Waals surface area (Å²) in [5.41, 5.74) is 1.55. The van der Waals surface area contributed by atoms with Crippen LogP contribution in [-0.2, 0) is 6.54 Å². The second-order valence-corrected chi connectivity index (χ2v) is 6.67. The summed E-state index contributed by atoms with van der Waals surface area (Å²) in [7, 11) is 1.66. The van der Waals surface area contributed by atoms with Gasteiger partial charge in [-0.3, -0.25) is 4.57 Å². The van der Waals surface area contributed by atoms with E-state index < -0.39 is 0 Å². The Kier molecular flexibility index (Phi) is 6.07. The van der Waals surface area contributed by atoms with Gasteiger partial charge in [-0.25, -0.2) is 4.98 Å². The number of hydrogen-bond acceptors (Lipinski definition) is 6. The molecule has 1 fully saturated rings. The number of likely N-dealkylation sites (tertiary alicyclic amines) is 1. The number of aromatic nitrogens is 4.